The molecule has 0 bridgehead atoms. The van der Waals surface area contributed by atoms with Gasteiger partial charge in [-0.2, -0.15) is 10.2 Å². The molecule has 2 heterocycles. The highest BCUT2D eigenvalue weighted by Gasteiger charge is 2.13. The molecule has 0 atom stereocenters. The minimum Gasteiger partial charge on any atom is -0.349 e. The lowest BCUT2D eigenvalue weighted by atomic mass is 9.97. The van der Waals surface area contributed by atoms with Crippen LogP contribution in [0.5, 0.6) is 0 Å². The minimum absolute atomic E-state index is 0.105. The molecule has 2 N–H and O–H groups in total. The van der Waals surface area contributed by atoms with Crippen molar-refractivity contribution >= 4 is 5.91 Å². The molecule has 0 spiro atoms. The lowest BCUT2D eigenvalue weighted by Gasteiger charge is -2.15. The number of H-pyrrole nitrogens is 1. The Kier molecular flexibility index (Phi) is 3.81. The van der Waals surface area contributed by atoms with Gasteiger partial charge in [0.05, 0.1) is 12.2 Å². The summed E-state index contributed by atoms with van der Waals surface area (Å²) in [6.07, 6.45) is 5.63. The Morgan fingerprint density at radius 3 is 3.05 bits per heavy atom. The lowest BCUT2D eigenvalue weighted by Crippen LogP contribution is -2.33. The summed E-state index contributed by atoms with van der Waals surface area (Å²) in [5, 5.41) is 13.4. The Labute approximate surface area is 121 Å². The first kappa shape index (κ1) is 13.5. The summed E-state index contributed by atoms with van der Waals surface area (Å²) < 4.78 is 1.43. The molecule has 0 fully saturated rings. The van der Waals surface area contributed by atoms with Crippen LogP contribution in [0.4, 0.5) is 0 Å². The highest BCUT2D eigenvalue weighted by molar-refractivity contribution is 5.91. The number of hydrogen-bond donors (Lipinski definition) is 2. The fourth-order valence-corrected chi connectivity index (χ4v) is 2.51. The maximum atomic E-state index is 12.0. The van der Waals surface area contributed by atoms with Crippen molar-refractivity contribution < 1.29 is 4.79 Å². The molecule has 21 heavy (non-hydrogen) atoms. The van der Waals surface area contributed by atoms with Gasteiger partial charge in [-0.25, -0.2) is 4.68 Å². The van der Waals surface area contributed by atoms with Crippen LogP contribution in [0.2, 0.25) is 0 Å². The summed E-state index contributed by atoms with van der Waals surface area (Å²) in [6.45, 7) is 0.718. The largest absolute Gasteiger partial charge is 0.349 e. The number of aromatic nitrogens is 4. The molecule has 7 heteroatoms. The first-order valence-electron chi connectivity index (χ1n) is 7.11. The number of nitrogens with zero attached hydrogens (tertiary/aromatic N) is 3. The minimum atomic E-state index is -0.237. The van der Waals surface area contributed by atoms with Crippen LogP contribution in [0.15, 0.2) is 23.1 Å². The van der Waals surface area contributed by atoms with Gasteiger partial charge in [0.1, 0.15) is 5.69 Å². The van der Waals surface area contributed by atoms with Crippen molar-refractivity contribution in [3.63, 3.8) is 0 Å². The zero-order valence-corrected chi connectivity index (χ0v) is 11.6. The van der Waals surface area contributed by atoms with Crippen LogP contribution in [0.3, 0.4) is 0 Å². The van der Waals surface area contributed by atoms with E-state index in [1.54, 1.807) is 12.1 Å². The molecule has 7 nitrogen and oxygen atoms in total. The third kappa shape index (κ3) is 3.01. The first-order chi connectivity index (χ1) is 10.2. The van der Waals surface area contributed by atoms with Gasteiger partial charge >= 0.3 is 0 Å². The number of aryl methyl sites for hydroxylation is 2. The van der Waals surface area contributed by atoms with E-state index >= 15 is 0 Å². The molecule has 0 aromatic carbocycles. The number of amides is 1. The number of fused-ring (bicyclic) bond motifs is 1. The molecular formula is C14H17N5O2. The number of rotatable bonds is 4. The molecule has 110 valence electrons. The van der Waals surface area contributed by atoms with E-state index in [0.29, 0.717) is 18.8 Å². The van der Waals surface area contributed by atoms with Gasteiger partial charge in [0, 0.05) is 18.8 Å². The van der Waals surface area contributed by atoms with E-state index in [0.717, 1.165) is 36.9 Å². The number of carbonyl (C=O) groups is 1. The predicted molar refractivity (Wildman–Crippen MR) is 76.1 cm³/mol. The maximum absolute atomic E-state index is 12.0. The summed E-state index contributed by atoms with van der Waals surface area (Å²) >= 11 is 0. The fraction of sp³-hybridized carbons (Fsp3) is 0.429. The Hall–Kier alpha value is -2.44. The van der Waals surface area contributed by atoms with Crippen molar-refractivity contribution in [2.45, 2.75) is 32.2 Å². The van der Waals surface area contributed by atoms with E-state index in [2.05, 4.69) is 20.6 Å². The molecule has 3 rings (SSSR count). The van der Waals surface area contributed by atoms with Gasteiger partial charge < -0.3 is 5.32 Å². The predicted octanol–water partition coefficient (Wildman–Crippen LogP) is 0.275. The highest BCUT2D eigenvalue weighted by Crippen LogP contribution is 2.16. The Morgan fingerprint density at radius 1 is 1.38 bits per heavy atom. The van der Waals surface area contributed by atoms with Crippen molar-refractivity contribution in [1.82, 2.24) is 25.3 Å². The maximum Gasteiger partial charge on any atom is 0.269 e. The molecule has 2 aromatic rings. The second-order valence-electron chi connectivity index (χ2n) is 5.11. The van der Waals surface area contributed by atoms with E-state index < -0.39 is 0 Å². The fourth-order valence-electron chi connectivity index (χ4n) is 2.51. The van der Waals surface area contributed by atoms with Crippen molar-refractivity contribution in [2.75, 3.05) is 6.54 Å². The van der Waals surface area contributed by atoms with E-state index in [1.807, 2.05) is 0 Å². The lowest BCUT2D eigenvalue weighted by molar-refractivity contribution is 0.0946. The molecule has 0 saturated carbocycles. The van der Waals surface area contributed by atoms with Crippen LogP contribution < -0.4 is 10.9 Å². The second-order valence-corrected chi connectivity index (χ2v) is 5.11. The number of carbonyl (C=O) groups excluding carboxylic acids is 1. The molecular weight excluding hydrogens is 270 g/mol. The van der Waals surface area contributed by atoms with Gasteiger partial charge in [0.25, 0.3) is 11.5 Å². The van der Waals surface area contributed by atoms with Crippen LogP contribution in [-0.2, 0) is 19.4 Å². The van der Waals surface area contributed by atoms with E-state index in [4.69, 9.17) is 0 Å². The van der Waals surface area contributed by atoms with E-state index in [-0.39, 0.29) is 11.5 Å². The van der Waals surface area contributed by atoms with Gasteiger partial charge in [-0.05, 0) is 37.3 Å². The normalized spacial score (nSPS) is 13.7. The third-order valence-corrected chi connectivity index (χ3v) is 3.63. The summed E-state index contributed by atoms with van der Waals surface area (Å²) in [5.74, 6) is -0.237. The SMILES string of the molecule is O=C(NCCn1nc2c(cc1=O)CCCC2)c1ccn[nH]1. The van der Waals surface area contributed by atoms with Gasteiger partial charge in [-0.15, -0.1) is 0 Å². The topological polar surface area (TPSA) is 92.7 Å². The molecule has 0 saturated heterocycles. The van der Waals surface area contributed by atoms with Crippen LogP contribution >= 0.6 is 0 Å². The summed E-state index contributed by atoms with van der Waals surface area (Å²) in [7, 11) is 0. The van der Waals surface area contributed by atoms with Crippen molar-refractivity contribution in [3.05, 3.63) is 45.6 Å². The molecule has 0 aliphatic heterocycles. The molecule has 2 aromatic heterocycles. The molecule has 1 aliphatic rings. The quantitative estimate of drug-likeness (QED) is 0.844. The van der Waals surface area contributed by atoms with Crippen LogP contribution in [0.1, 0.15) is 34.6 Å². The Balaban J connectivity index is 1.63. The third-order valence-electron chi connectivity index (χ3n) is 3.63. The summed E-state index contributed by atoms with van der Waals surface area (Å²) in [5.41, 5.74) is 2.39. The molecule has 0 unspecified atom stereocenters. The molecule has 1 aliphatic carbocycles. The average Bonchev–Trinajstić information content (AvgIpc) is 3.02. The van der Waals surface area contributed by atoms with Crippen molar-refractivity contribution in [3.8, 4) is 0 Å². The number of nitrogens with one attached hydrogen (secondary N) is 2. The highest BCUT2D eigenvalue weighted by atomic mass is 16.2. The molecule has 1 amide bonds. The molecule has 0 radical (unpaired) electrons. The van der Waals surface area contributed by atoms with E-state index in [9.17, 15) is 9.59 Å². The smallest absolute Gasteiger partial charge is 0.269 e. The second kappa shape index (κ2) is 5.90. The van der Waals surface area contributed by atoms with Crippen LogP contribution in [-0.4, -0.2) is 32.4 Å². The van der Waals surface area contributed by atoms with E-state index in [1.165, 1.54) is 10.9 Å². The standard InChI is InChI=1S/C14H17N5O2/c20-13-9-10-3-1-2-4-11(10)18-19(13)8-7-15-14(21)12-5-6-16-17-12/h5-6,9H,1-4,7-8H2,(H,15,21)(H,16,17). The Morgan fingerprint density at radius 2 is 2.24 bits per heavy atom. The summed E-state index contributed by atoms with van der Waals surface area (Å²) in [6, 6.07) is 3.27. The summed E-state index contributed by atoms with van der Waals surface area (Å²) in [4.78, 5) is 23.7. The zero-order valence-electron chi connectivity index (χ0n) is 11.6. The first-order valence-corrected chi connectivity index (χ1v) is 7.11. The zero-order chi connectivity index (χ0) is 14.7. The van der Waals surface area contributed by atoms with Crippen LogP contribution in [0.25, 0.3) is 0 Å². The van der Waals surface area contributed by atoms with Crippen LogP contribution in [0, 0.1) is 0 Å². The number of hydrogen-bond acceptors (Lipinski definition) is 4. The number of aromatic amines is 1. The monoisotopic (exact) mass is 287 g/mol. The van der Waals surface area contributed by atoms with Gasteiger partial charge in [0.15, 0.2) is 0 Å². The average molecular weight is 287 g/mol. The van der Waals surface area contributed by atoms with Gasteiger partial charge in [-0.1, -0.05) is 0 Å². The van der Waals surface area contributed by atoms with Gasteiger partial charge in [0.2, 0.25) is 0 Å². The van der Waals surface area contributed by atoms with Crippen molar-refractivity contribution in [1.29, 1.82) is 0 Å². The van der Waals surface area contributed by atoms with Gasteiger partial charge in [-0.3, -0.25) is 14.7 Å². The Bertz CT molecular complexity index is 690. The van der Waals surface area contributed by atoms with Crippen molar-refractivity contribution in [2.24, 2.45) is 0 Å².